The first-order valence-corrected chi connectivity index (χ1v) is 8.45. The third-order valence-corrected chi connectivity index (χ3v) is 4.67. The Morgan fingerprint density at radius 3 is 2.86 bits per heavy atom. The summed E-state index contributed by atoms with van der Waals surface area (Å²) >= 11 is 7.44. The fourth-order valence-electron chi connectivity index (χ4n) is 2.21. The number of nitrogens with one attached hydrogen (secondary N) is 1. The Kier molecular flexibility index (Phi) is 6.76. The lowest BCUT2D eigenvalue weighted by Crippen LogP contribution is -2.44. The van der Waals surface area contributed by atoms with Crippen LogP contribution >= 0.6 is 22.9 Å². The van der Waals surface area contributed by atoms with Gasteiger partial charge in [0.2, 0.25) is 0 Å². The number of hydrogen-bond donors (Lipinski definition) is 1. The molecule has 118 valence electrons. The van der Waals surface area contributed by atoms with E-state index in [2.05, 4.69) is 10.2 Å². The van der Waals surface area contributed by atoms with Crippen molar-refractivity contribution in [3.05, 3.63) is 21.3 Å². The molecule has 21 heavy (non-hydrogen) atoms. The van der Waals surface area contributed by atoms with E-state index in [1.165, 1.54) is 11.3 Å². The van der Waals surface area contributed by atoms with Crippen LogP contribution in [0.4, 0.5) is 4.79 Å². The molecule has 0 bridgehead atoms. The van der Waals surface area contributed by atoms with Gasteiger partial charge in [0.1, 0.15) is 0 Å². The Bertz CT molecular complexity index is 449. The number of ether oxygens (including phenoxy) is 1. The minimum absolute atomic E-state index is 0.0183. The highest BCUT2D eigenvalue weighted by molar-refractivity contribution is 7.16. The summed E-state index contributed by atoms with van der Waals surface area (Å²) in [5, 5.41) is 2.98. The van der Waals surface area contributed by atoms with Gasteiger partial charge in [0.15, 0.2) is 0 Å². The van der Waals surface area contributed by atoms with Gasteiger partial charge < -0.3 is 15.0 Å². The zero-order valence-electron chi connectivity index (χ0n) is 12.3. The second kappa shape index (κ2) is 8.58. The third kappa shape index (κ3) is 5.47. The molecule has 2 amide bonds. The zero-order valence-corrected chi connectivity index (χ0v) is 13.9. The van der Waals surface area contributed by atoms with Gasteiger partial charge in [0, 0.05) is 37.6 Å². The molecule has 1 saturated heterocycles. The van der Waals surface area contributed by atoms with E-state index in [0.29, 0.717) is 19.6 Å². The molecule has 1 N–H and O–H groups in total. The van der Waals surface area contributed by atoms with E-state index in [9.17, 15) is 4.79 Å². The Balaban J connectivity index is 1.72. The van der Waals surface area contributed by atoms with Crippen LogP contribution in [0.15, 0.2) is 12.1 Å². The molecule has 0 spiro atoms. The Morgan fingerprint density at radius 2 is 2.24 bits per heavy atom. The number of carbonyl (C=O) groups is 1. The highest BCUT2D eigenvalue weighted by Gasteiger charge is 2.14. The predicted molar refractivity (Wildman–Crippen MR) is 86.1 cm³/mol. The first kappa shape index (κ1) is 16.5. The monoisotopic (exact) mass is 331 g/mol. The van der Waals surface area contributed by atoms with Crippen LogP contribution in [0.25, 0.3) is 0 Å². The molecule has 0 saturated carbocycles. The summed E-state index contributed by atoms with van der Waals surface area (Å²) in [6, 6.07) is 3.82. The van der Waals surface area contributed by atoms with Gasteiger partial charge in [-0.2, -0.15) is 0 Å². The van der Waals surface area contributed by atoms with E-state index in [-0.39, 0.29) is 6.03 Å². The molecule has 0 aliphatic carbocycles. The fraction of sp³-hybridized carbons (Fsp3) is 0.643. The van der Waals surface area contributed by atoms with Gasteiger partial charge in [-0.15, -0.1) is 11.3 Å². The first-order chi connectivity index (χ1) is 10.2. The normalized spacial score (nSPS) is 15.9. The lowest BCUT2D eigenvalue weighted by atomic mass is 10.4. The van der Waals surface area contributed by atoms with Crippen molar-refractivity contribution in [2.75, 3.05) is 45.9 Å². The molecule has 1 aromatic rings. The number of nitrogens with zero attached hydrogens (tertiary/aromatic N) is 2. The molecule has 0 unspecified atom stereocenters. The van der Waals surface area contributed by atoms with Gasteiger partial charge in [-0.05, 0) is 19.1 Å². The zero-order chi connectivity index (χ0) is 15.1. The number of amides is 2. The molecule has 1 aliphatic heterocycles. The van der Waals surface area contributed by atoms with Crippen LogP contribution < -0.4 is 5.32 Å². The molecule has 0 radical (unpaired) electrons. The second-order valence-corrected chi connectivity index (χ2v) is 6.71. The average molecular weight is 332 g/mol. The number of rotatable bonds is 6. The maximum absolute atomic E-state index is 12.2. The largest absolute Gasteiger partial charge is 0.379 e. The van der Waals surface area contributed by atoms with Crippen LogP contribution in [0.3, 0.4) is 0 Å². The summed E-state index contributed by atoms with van der Waals surface area (Å²) in [6.45, 7) is 8.27. The van der Waals surface area contributed by atoms with Crippen molar-refractivity contribution in [1.29, 1.82) is 0 Å². The van der Waals surface area contributed by atoms with Gasteiger partial charge in [0.05, 0.1) is 24.1 Å². The maximum atomic E-state index is 12.2. The van der Waals surface area contributed by atoms with E-state index in [1.54, 1.807) is 4.90 Å². The number of hydrogen-bond acceptors (Lipinski definition) is 4. The van der Waals surface area contributed by atoms with Gasteiger partial charge in [-0.1, -0.05) is 11.6 Å². The smallest absolute Gasteiger partial charge is 0.317 e. The summed E-state index contributed by atoms with van der Waals surface area (Å²) in [4.78, 5) is 17.4. The second-order valence-electron chi connectivity index (χ2n) is 4.91. The molecule has 0 aromatic carbocycles. The van der Waals surface area contributed by atoms with Crippen molar-refractivity contribution in [3.63, 3.8) is 0 Å². The lowest BCUT2D eigenvalue weighted by molar-refractivity contribution is 0.0386. The first-order valence-electron chi connectivity index (χ1n) is 7.26. The fourth-order valence-corrected chi connectivity index (χ4v) is 3.31. The highest BCUT2D eigenvalue weighted by Crippen LogP contribution is 2.22. The Labute approximate surface area is 134 Å². The van der Waals surface area contributed by atoms with Crippen LogP contribution in [-0.2, 0) is 11.3 Å². The molecule has 1 fully saturated rings. The van der Waals surface area contributed by atoms with Crippen LogP contribution in [0.1, 0.15) is 11.8 Å². The minimum Gasteiger partial charge on any atom is -0.379 e. The van der Waals surface area contributed by atoms with Crippen LogP contribution in [0, 0.1) is 0 Å². The summed E-state index contributed by atoms with van der Waals surface area (Å²) in [7, 11) is 0. The van der Waals surface area contributed by atoms with E-state index in [0.717, 1.165) is 42.1 Å². The van der Waals surface area contributed by atoms with Crippen molar-refractivity contribution in [2.45, 2.75) is 13.5 Å². The van der Waals surface area contributed by atoms with Crippen molar-refractivity contribution < 1.29 is 9.53 Å². The molecule has 1 aromatic heterocycles. The number of carbonyl (C=O) groups excluding carboxylic acids is 1. The van der Waals surface area contributed by atoms with Gasteiger partial charge in [0.25, 0.3) is 0 Å². The summed E-state index contributed by atoms with van der Waals surface area (Å²) in [6.07, 6.45) is 0. The standard InChI is InChI=1S/C14H22ClN3O2S/c1-2-18(11-12-3-4-13(15)21-12)14(19)16-5-6-17-7-9-20-10-8-17/h3-4H,2,5-11H2,1H3,(H,16,19). The van der Waals surface area contributed by atoms with Crippen LogP contribution in [-0.4, -0.2) is 61.8 Å². The molecule has 2 rings (SSSR count). The number of morpholine rings is 1. The quantitative estimate of drug-likeness (QED) is 0.869. The van der Waals surface area contributed by atoms with Gasteiger partial charge in [-0.3, -0.25) is 4.90 Å². The van der Waals surface area contributed by atoms with Gasteiger partial charge in [-0.25, -0.2) is 4.79 Å². The summed E-state index contributed by atoms with van der Waals surface area (Å²) in [5.74, 6) is 0. The highest BCUT2D eigenvalue weighted by atomic mass is 35.5. The molecule has 5 nitrogen and oxygen atoms in total. The number of urea groups is 1. The van der Waals surface area contributed by atoms with Crippen molar-refractivity contribution in [1.82, 2.24) is 15.1 Å². The Hall–Kier alpha value is -0.820. The van der Waals surface area contributed by atoms with Gasteiger partial charge >= 0.3 is 6.03 Å². The van der Waals surface area contributed by atoms with E-state index < -0.39 is 0 Å². The van der Waals surface area contributed by atoms with E-state index >= 15 is 0 Å². The summed E-state index contributed by atoms with van der Waals surface area (Å²) < 4.78 is 6.06. The molecular weight excluding hydrogens is 310 g/mol. The topological polar surface area (TPSA) is 44.8 Å². The molecular formula is C14H22ClN3O2S. The van der Waals surface area contributed by atoms with Crippen LogP contribution in [0.5, 0.6) is 0 Å². The number of thiophene rings is 1. The van der Waals surface area contributed by atoms with E-state index in [1.807, 2.05) is 19.1 Å². The molecule has 1 aliphatic rings. The van der Waals surface area contributed by atoms with Crippen LogP contribution in [0.2, 0.25) is 4.34 Å². The molecule has 2 heterocycles. The predicted octanol–water partition coefficient (Wildman–Crippen LogP) is 2.27. The van der Waals surface area contributed by atoms with Crippen molar-refractivity contribution in [3.8, 4) is 0 Å². The Morgan fingerprint density at radius 1 is 1.48 bits per heavy atom. The SMILES string of the molecule is CCN(Cc1ccc(Cl)s1)C(=O)NCCN1CCOCC1. The third-order valence-electron chi connectivity index (χ3n) is 3.45. The van der Waals surface area contributed by atoms with E-state index in [4.69, 9.17) is 16.3 Å². The molecule has 7 heteroatoms. The maximum Gasteiger partial charge on any atom is 0.317 e. The summed E-state index contributed by atoms with van der Waals surface area (Å²) in [5.41, 5.74) is 0. The van der Waals surface area contributed by atoms with Crippen molar-refractivity contribution >= 4 is 29.0 Å². The lowest BCUT2D eigenvalue weighted by Gasteiger charge is -2.27. The molecule has 0 atom stereocenters. The average Bonchev–Trinajstić information content (AvgIpc) is 2.91. The van der Waals surface area contributed by atoms with Crippen molar-refractivity contribution in [2.24, 2.45) is 0 Å². The minimum atomic E-state index is -0.0183. The number of halogens is 1.